The molecule has 0 radical (unpaired) electrons. The summed E-state index contributed by atoms with van der Waals surface area (Å²) in [6.07, 6.45) is 46.4. The van der Waals surface area contributed by atoms with Gasteiger partial charge in [-0.3, -0.25) is 4.79 Å². The van der Waals surface area contributed by atoms with Crippen LogP contribution in [0, 0.1) is 0 Å². The van der Waals surface area contributed by atoms with Crippen molar-refractivity contribution in [1.29, 1.82) is 0 Å². The van der Waals surface area contributed by atoms with Crippen LogP contribution in [0.15, 0.2) is 12.2 Å². The fourth-order valence-electron chi connectivity index (χ4n) is 6.89. The van der Waals surface area contributed by atoms with Gasteiger partial charge in [0.25, 0.3) is 0 Å². The highest BCUT2D eigenvalue weighted by Crippen LogP contribution is 2.16. The lowest BCUT2D eigenvalue weighted by molar-refractivity contribution is -0.131. The maximum absolute atomic E-state index is 12.5. The van der Waals surface area contributed by atoms with Crippen LogP contribution in [0.5, 0.6) is 0 Å². The van der Waals surface area contributed by atoms with Gasteiger partial charge in [-0.25, -0.2) is 0 Å². The molecule has 4 N–H and O–H groups in total. The Hall–Kier alpha value is -0.910. The van der Waals surface area contributed by atoms with Gasteiger partial charge in [0.05, 0.1) is 18.8 Å². The minimum Gasteiger partial charge on any atom is -0.394 e. The number of aliphatic hydroxyl groups excluding tert-OH is 3. The molecule has 0 rings (SSSR count). The first-order chi connectivity index (χ1) is 24.1. The number of allylic oxidation sites excluding steroid dienone is 2. The predicted octanol–water partition coefficient (Wildman–Crippen LogP) is 12.4. The molecule has 0 spiro atoms. The Labute approximate surface area is 306 Å². The summed E-state index contributed by atoms with van der Waals surface area (Å²) in [5, 5.41) is 33.2. The van der Waals surface area contributed by atoms with Crippen LogP contribution >= 0.6 is 0 Å². The van der Waals surface area contributed by atoms with Crippen molar-refractivity contribution in [2.75, 3.05) is 6.61 Å². The molecule has 0 aliphatic heterocycles. The Kier molecular flexibility index (Phi) is 39.1. The zero-order valence-corrected chi connectivity index (χ0v) is 33.1. The average Bonchev–Trinajstić information content (AvgIpc) is 3.11. The average molecular weight is 694 g/mol. The summed E-state index contributed by atoms with van der Waals surface area (Å²) in [5.74, 6) is -0.473. The maximum Gasteiger partial charge on any atom is 0.249 e. The van der Waals surface area contributed by atoms with Gasteiger partial charge in [0, 0.05) is 0 Å². The summed E-state index contributed by atoms with van der Waals surface area (Å²) in [6, 6.07) is -0.709. The van der Waals surface area contributed by atoms with E-state index in [4.69, 9.17) is 0 Å². The van der Waals surface area contributed by atoms with Crippen molar-refractivity contribution in [1.82, 2.24) is 5.32 Å². The minimum atomic E-state index is -1.07. The monoisotopic (exact) mass is 694 g/mol. The molecule has 0 aliphatic carbocycles. The lowest BCUT2D eigenvalue weighted by Gasteiger charge is -2.23. The molecule has 0 saturated heterocycles. The zero-order valence-electron chi connectivity index (χ0n) is 33.1. The minimum absolute atomic E-state index is 0.312. The van der Waals surface area contributed by atoms with Crippen LogP contribution in [0.1, 0.15) is 239 Å². The van der Waals surface area contributed by atoms with Crippen molar-refractivity contribution in [2.24, 2.45) is 0 Å². The first kappa shape index (κ1) is 48.1. The second-order valence-electron chi connectivity index (χ2n) is 15.3. The highest BCUT2D eigenvalue weighted by molar-refractivity contribution is 5.80. The number of carbonyl (C=O) groups is 1. The molecule has 292 valence electrons. The summed E-state index contributed by atoms with van der Waals surface area (Å²) >= 11 is 0. The lowest BCUT2D eigenvalue weighted by Crippen LogP contribution is -2.49. The van der Waals surface area contributed by atoms with Crippen molar-refractivity contribution in [3.8, 4) is 0 Å². The Morgan fingerprint density at radius 3 is 1.12 bits per heavy atom. The van der Waals surface area contributed by atoms with Gasteiger partial charge in [0.2, 0.25) is 5.91 Å². The quantitative estimate of drug-likeness (QED) is 0.0380. The van der Waals surface area contributed by atoms with Crippen molar-refractivity contribution >= 4 is 5.91 Å². The van der Waals surface area contributed by atoms with Gasteiger partial charge in [-0.05, 0) is 38.5 Å². The van der Waals surface area contributed by atoms with Crippen LogP contribution in [-0.4, -0.2) is 46.1 Å². The standard InChI is InChI=1S/C44H87NO4/c1-3-5-7-9-11-13-15-17-18-19-20-21-22-23-24-25-26-27-29-31-33-35-37-39-43(48)44(49)45-41(40-46)42(47)38-36-34-32-30-28-16-14-12-10-8-6-4-2/h23-24,41-43,46-48H,3-22,25-40H2,1-2H3,(H,45,49)/b24-23-. The first-order valence-corrected chi connectivity index (χ1v) is 22.0. The molecule has 3 atom stereocenters. The Morgan fingerprint density at radius 1 is 0.469 bits per heavy atom. The number of hydrogen-bond acceptors (Lipinski definition) is 4. The molecule has 49 heavy (non-hydrogen) atoms. The van der Waals surface area contributed by atoms with E-state index in [0.29, 0.717) is 12.8 Å². The molecule has 5 nitrogen and oxygen atoms in total. The summed E-state index contributed by atoms with van der Waals surface area (Å²) in [7, 11) is 0. The van der Waals surface area contributed by atoms with Crippen LogP contribution in [0.25, 0.3) is 0 Å². The van der Waals surface area contributed by atoms with Crippen molar-refractivity contribution in [3.05, 3.63) is 12.2 Å². The third-order valence-corrected chi connectivity index (χ3v) is 10.4. The van der Waals surface area contributed by atoms with E-state index in [2.05, 4.69) is 31.3 Å². The van der Waals surface area contributed by atoms with Gasteiger partial charge in [-0.15, -0.1) is 0 Å². The van der Waals surface area contributed by atoms with Gasteiger partial charge < -0.3 is 20.6 Å². The van der Waals surface area contributed by atoms with Crippen LogP contribution in [-0.2, 0) is 4.79 Å². The summed E-state index contributed by atoms with van der Waals surface area (Å²) in [6.45, 7) is 4.23. The summed E-state index contributed by atoms with van der Waals surface area (Å²) in [5.41, 5.74) is 0. The number of amides is 1. The molecule has 0 heterocycles. The summed E-state index contributed by atoms with van der Waals surface area (Å²) < 4.78 is 0. The van der Waals surface area contributed by atoms with E-state index < -0.39 is 24.2 Å². The van der Waals surface area contributed by atoms with Gasteiger partial charge in [0.15, 0.2) is 0 Å². The Bertz CT molecular complexity index is 684. The van der Waals surface area contributed by atoms with Crippen LogP contribution in [0.3, 0.4) is 0 Å². The zero-order chi connectivity index (χ0) is 35.9. The third-order valence-electron chi connectivity index (χ3n) is 10.4. The molecule has 0 aromatic rings. The van der Waals surface area contributed by atoms with E-state index in [1.807, 2.05) is 0 Å². The molecule has 0 aromatic carbocycles. The van der Waals surface area contributed by atoms with E-state index in [9.17, 15) is 20.1 Å². The van der Waals surface area contributed by atoms with Gasteiger partial charge in [-0.2, -0.15) is 0 Å². The van der Waals surface area contributed by atoms with Gasteiger partial charge in [0.1, 0.15) is 6.10 Å². The van der Waals surface area contributed by atoms with Gasteiger partial charge in [-0.1, -0.05) is 212 Å². The first-order valence-electron chi connectivity index (χ1n) is 22.0. The SMILES string of the molecule is CCCCCCCCCCCCCC/C=C\CCCCCCCCCC(O)C(=O)NC(CO)C(O)CCCCCCCCCCCCCC. The van der Waals surface area contributed by atoms with Crippen molar-refractivity contribution in [3.63, 3.8) is 0 Å². The normalized spacial score (nSPS) is 13.7. The van der Waals surface area contributed by atoms with Crippen LogP contribution < -0.4 is 5.32 Å². The van der Waals surface area contributed by atoms with E-state index in [1.54, 1.807) is 0 Å². The van der Waals surface area contributed by atoms with E-state index >= 15 is 0 Å². The molecule has 5 heteroatoms. The number of unbranched alkanes of at least 4 members (excludes halogenated alkanes) is 30. The largest absolute Gasteiger partial charge is 0.394 e. The molecule has 0 aliphatic rings. The highest BCUT2D eigenvalue weighted by Gasteiger charge is 2.23. The molecule has 0 aromatic heterocycles. The van der Waals surface area contributed by atoms with E-state index in [1.165, 1.54) is 180 Å². The highest BCUT2D eigenvalue weighted by atomic mass is 16.3. The molecule has 0 bridgehead atoms. The fourth-order valence-corrected chi connectivity index (χ4v) is 6.89. The Balaban J connectivity index is 3.58. The molecule has 3 unspecified atom stereocenters. The van der Waals surface area contributed by atoms with E-state index in [0.717, 1.165) is 32.1 Å². The maximum atomic E-state index is 12.5. The third kappa shape index (κ3) is 35.3. The van der Waals surface area contributed by atoms with Crippen LogP contribution in [0.4, 0.5) is 0 Å². The molecule has 1 amide bonds. The van der Waals surface area contributed by atoms with Crippen LogP contribution in [0.2, 0.25) is 0 Å². The van der Waals surface area contributed by atoms with Crippen molar-refractivity contribution < 1.29 is 20.1 Å². The number of rotatable bonds is 40. The number of aliphatic hydroxyl groups is 3. The molecule has 0 fully saturated rings. The topological polar surface area (TPSA) is 89.8 Å². The van der Waals surface area contributed by atoms with Gasteiger partial charge >= 0.3 is 0 Å². The smallest absolute Gasteiger partial charge is 0.249 e. The second kappa shape index (κ2) is 39.9. The fraction of sp³-hybridized carbons (Fsp3) is 0.932. The summed E-state index contributed by atoms with van der Waals surface area (Å²) in [4.78, 5) is 12.5. The Morgan fingerprint density at radius 2 is 0.776 bits per heavy atom. The molecule has 0 saturated carbocycles. The second-order valence-corrected chi connectivity index (χ2v) is 15.3. The van der Waals surface area contributed by atoms with E-state index in [-0.39, 0.29) is 6.61 Å². The number of carbonyl (C=O) groups excluding carboxylic acids is 1. The molecular formula is C44H87NO4. The lowest BCUT2D eigenvalue weighted by atomic mass is 10.0. The molecular weight excluding hydrogens is 606 g/mol. The number of hydrogen-bond donors (Lipinski definition) is 4. The number of nitrogens with one attached hydrogen (secondary N) is 1. The van der Waals surface area contributed by atoms with Crippen molar-refractivity contribution in [2.45, 2.75) is 257 Å². The predicted molar refractivity (Wildman–Crippen MR) is 213 cm³/mol.